The number of carbonyl (C=O) groups excluding carboxylic acids is 2. The molecule has 3 fully saturated rings. The van der Waals surface area contributed by atoms with Gasteiger partial charge in [0.25, 0.3) is 0 Å². The third-order valence-electron chi connectivity index (χ3n) is 13.3. The van der Waals surface area contributed by atoms with Crippen molar-refractivity contribution in [1.82, 2.24) is 9.80 Å². The maximum Gasteiger partial charge on any atom is 0.311 e. The lowest BCUT2D eigenvalue weighted by Gasteiger charge is -2.49. The van der Waals surface area contributed by atoms with Gasteiger partial charge in [-0.25, -0.2) is 0 Å². The Bertz CT molecular complexity index is 1340. The lowest BCUT2D eigenvalue weighted by Crippen LogP contribution is -2.61. The number of nitrogens with two attached hydrogens (primary N) is 1. The van der Waals surface area contributed by atoms with E-state index < -0.39 is 95.9 Å². The van der Waals surface area contributed by atoms with Crippen LogP contribution >= 0.6 is 0 Å². The molecule has 0 spiro atoms. The average molecular weight is 862 g/mol. The topological polar surface area (TPSA) is 190 Å². The first-order valence-electron chi connectivity index (χ1n) is 22.1. The fourth-order valence-electron chi connectivity index (χ4n) is 10.1. The molecule has 0 saturated carbocycles. The van der Waals surface area contributed by atoms with Crippen LogP contribution in [0.2, 0.25) is 0 Å². The number of likely N-dealkylation sites (N-methyl/N-ethyl adjacent to an activating group) is 2. The normalized spacial score (nSPS) is 44.5. The Balaban J connectivity index is 2.23. The van der Waals surface area contributed by atoms with Gasteiger partial charge in [0.1, 0.15) is 23.9 Å². The zero-order valence-corrected chi connectivity index (χ0v) is 39.7. The number of rotatable bonds is 13. The number of hydrogen-bond acceptors (Lipinski definition) is 16. The SMILES string of the molecule is CC[C@H]1OC(=O)[C@H](C)[C@@H](O[C@H]2C[C@@](C)(OC)[C@@H](OCCCN)[C@H](C)O2)[C@H](C)[C@@H](O[C@@H]2O[C@H](C)C[C@H](N(C)C)[C@H]2OC(C)=O)[C@](C)(O)C[C@@H](C)CN(C)[C@H](C)[C@@H](OC)[C@]1(C)O. The number of ether oxygens (including phenoxy) is 9. The van der Waals surface area contributed by atoms with E-state index in [9.17, 15) is 19.8 Å². The summed E-state index contributed by atoms with van der Waals surface area (Å²) in [6.07, 6.45) is -5.66. The number of aliphatic hydroxyl groups is 2. The van der Waals surface area contributed by atoms with Crippen LogP contribution in [0.4, 0.5) is 0 Å². The Morgan fingerprint density at radius 2 is 1.62 bits per heavy atom. The fourth-order valence-corrected chi connectivity index (χ4v) is 10.1. The number of esters is 2. The maximum absolute atomic E-state index is 14.6. The van der Waals surface area contributed by atoms with Crippen LogP contribution < -0.4 is 5.73 Å². The molecule has 3 saturated heterocycles. The Hall–Kier alpha value is -1.54. The van der Waals surface area contributed by atoms with Gasteiger partial charge >= 0.3 is 11.9 Å². The van der Waals surface area contributed by atoms with E-state index in [2.05, 4.69) is 4.90 Å². The van der Waals surface area contributed by atoms with E-state index >= 15 is 0 Å². The molecule has 16 nitrogen and oxygen atoms in total. The van der Waals surface area contributed by atoms with E-state index in [1.165, 1.54) is 6.92 Å². The first kappa shape index (κ1) is 52.8. The van der Waals surface area contributed by atoms with E-state index in [1.54, 1.807) is 35.0 Å². The van der Waals surface area contributed by atoms with Gasteiger partial charge < -0.3 is 68.4 Å². The predicted molar refractivity (Wildman–Crippen MR) is 226 cm³/mol. The summed E-state index contributed by atoms with van der Waals surface area (Å²) < 4.78 is 57.4. The molecule has 3 heterocycles. The highest BCUT2D eigenvalue weighted by Crippen LogP contribution is 2.41. The van der Waals surface area contributed by atoms with E-state index in [1.807, 2.05) is 74.5 Å². The van der Waals surface area contributed by atoms with Crippen molar-refractivity contribution in [2.45, 2.75) is 199 Å². The number of carbonyl (C=O) groups is 2. The lowest BCUT2D eigenvalue weighted by molar-refractivity contribution is -0.321. The number of cyclic esters (lactones) is 1. The third-order valence-corrected chi connectivity index (χ3v) is 13.3. The smallest absolute Gasteiger partial charge is 0.311 e. The summed E-state index contributed by atoms with van der Waals surface area (Å²) in [5, 5.41) is 25.0. The van der Waals surface area contributed by atoms with Gasteiger partial charge in [-0.2, -0.15) is 0 Å². The van der Waals surface area contributed by atoms with Crippen LogP contribution in [-0.4, -0.2) is 177 Å². The van der Waals surface area contributed by atoms with Crippen LogP contribution in [0.3, 0.4) is 0 Å². The summed E-state index contributed by atoms with van der Waals surface area (Å²) in [6, 6.07) is -0.570. The average Bonchev–Trinajstić information content (AvgIpc) is 3.15. The summed E-state index contributed by atoms with van der Waals surface area (Å²) in [7, 11) is 8.94. The highest BCUT2D eigenvalue weighted by Gasteiger charge is 2.54. The second-order valence-electron chi connectivity index (χ2n) is 18.9. The molecule has 0 aromatic carbocycles. The van der Waals surface area contributed by atoms with Gasteiger partial charge in [-0.15, -0.1) is 0 Å². The van der Waals surface area contributed by atoms with Crippen LogP contribution in [0.25, 0.3) is 0 Å². The Morgan fingerprint density at radius 1 is 0.967 bits per heavy atom. The minimum atomic E-state index is -1.58. The largest absolute Gasteiger partial charge is 0.459 e. The lowest BCUT2D eigenvalue weighted by atomic mass is 9.77. The van der Waals surface area contributed by atoms with Gasteiger partial charge in [0, 0.05) is 52.7 Å². The second kappa shape index (κ2) is 22.4. The van der Waals surface area contributed by atoms with Crippen molar-refractivity contribution >= 4 is 11.9 Å². The molecular weight excluding hydrogens is 778 g/mol. The summed E-state index contributed by atoms with van der Waals surface area (Å²) in [4.78, 5) is 31.2. The molecule has 0 aromatic heterocycles. The zero-order valence-electron chi connectivity index (χ0n) is 39.7. The number of nitrogens with zero attached hydrogens (tertiary/aromatic N) is 2. The molecule has 60 heavy (non-hydrogen) atoms. The van der Waals surface area contributed by atoms with Crippen LogP contribution in [-0.2, 0) is 52.2 Å². The highest BCUT2D eigenvalue weighted by molar-refractivity contribution is 5.73. The van der Waals surface area contributed by atoms with Gasteiger partial charge in [-0.05, 0) is 108 Å². The predicted octanol–water partition coefficient (Wildman–Crippen LogP) is 3.50. The second-order valence-corrected chi connectivity index (χ2v) is 18.9. The first-order chi connectivity index (χ1) is 27.9. The first-order valence-corrected chi connectivity index (χ1v) is 22.1. The fraction of sp³-hybridized carbons (Fsp3) is 0.955. The molecule has 16 heteroatoms. The van der Waals surface area contributed by atoms with Gasteiger partial charge in [0.2, 0.25) is 0 Å². The maximum atomic E-state index is 14.6. The monoisotopic (exact) mass is 862 g/mol. The van der Waals surface area contributed by atoms with Gasteiger partial charge in [0.15, 0.2) is 18.7 Å². The van der Waals surface area contributed by atoms with Crippen molar-refractivity contribution in [3.05, 3.63) is 0 Å². The molecule has 3 aliphatic rings. The molecular formula is C44H83N3O13. The van der Waals surface area contributed by atoms with E-state index in [0.717, 1.165) is 0 Å². The molecule has 0 radical (unpaired) electrons. The Labute approximate surface area is 360 Å². The molecule has 0 unspecified atom stereocenters. The van der Waals surface area contributed by atoms with E-state index in [4.69, 9.17) is 48.4 Å². The highest BCUT2D eigenvalue weighted by atomic mass is 16.7. The van der Waals surface area contributed by atoms with Crippen molar-refractivity contribution in [2.75, 3.05) is 55.1 Å². The molecule has 0 bridgehead atoms. The summed E-state index contributed by atoms with van der Waals surface area (Å²) in [6.45, 7) is 21.4. The van der Waals surface area contributed by atoms with Crippen LogP contribution in [0.5, 0.6) is 0 Å². The molecule has 0 aromatic rings. The minimum Gasteiger partial charge on any atom is -0.459 e. The molecule has 3 rings (SSSR count). The molecule has 4 N–H and O–H groups in total. The Morgan fingerprint density at radius 3 is 2.17 bits per heavy atom. The Kier molecular flexibility index (Phi) is 19.7. The molecule has 0 amide bonds. The van der Waals surface area contributed by atoms with Crippen molar-refractivity contribution in [3.8, 4) is 0 Å². The molecule has 0 aliphatic carbocycles. The number of hydrogen-bond donors (Lipinski definition) is 3. The van der Waals surface area contributed by atoms with Crippen LogP contribution in [0.1, 0.15) is 108 Å². The summed E-state index contributed by atoms with van der Waals surface area (Å²) in [5.74, 6) is -2.94. The summed E-state index contributed by atoms with van der Waals surface area (Å²) in [5.41, 5.74) is 1.78. The van der Waals surface area contributed by atoms with E-state index in [0.29, 0.717) is 39.0 Å². The third kappa shape index (κ3) is 12.8. The van der Waals surface area contributed by atoms with Crippen molar-refractivity contribution < 1.29 is 62.4 Å². The van der Waals surface area contributed by atoms with Crippen LogP contribution in [0.15, 0.2) is 0 Å². The molecule has 352 valence electrons. The van der Waals surface area contributed by atoms with Gasteiger partial charge in [-0.1, -0.05) is 20.8 Å². The van der Waals surface area contributed by atoms with Crippen molar-refractivity contribution in [2.24, 2.45) is 23.5 Å². The van der Waals surface area contributed by atoms with E-state index in [-0.39, 0.29) is 36.9 Å². The van der Waals surface area contributed by atoms with Crippen molar-refractivity contribution in [1.29, 1.82) is 0 Å². The molecule has 18 atom stereocenters. The zero-order chi connectivity index (χ0) is 45.5. The van der Waals surface area contributed by atoms with Gasteiger partial charge in [-0.3, -0.25) is 9.59 Å². The van der Waals surface area contributed by atoms with Crippen LogP contribution in [0, 0.1) is 17.8 Å². The van der Waals surface area contributed by atoms with Gasteiger partial charge in [0.05, 0.1) is 47.6 Å². The standard InChI is InChI=1S/C44H83N3O13/c1-17-33-44(11,51)38(52-15)29(6)47(14)24-25(2)22-42(9,50)37(60-41-36(57-31(8)48)32(46(12)13)21-26(3)55-41)27(4)35(28(5)40(49)58-33)59-34-23-43(10,53-16)39(30(7)56-34)54-20-18-19-45/h25-30,32-39,41,50-51H,17-24,45H2,1-16H3/t25-,26-,27+,28-,29-,30+,32+,33-,34+,35+,36-,37-,38-,39+,41+,42-,43-,44-/m1/s1. The minimum absolute atomic E-state index is 0.110. The summed E-state index contributed by atoms with van der Waals surface area (Å²) >= 11 is 0. The number of methoxy groups -OCH3 is 2. The molecule has 3 aliphatic heterocycles. The van der Waals surface area contributed by atoms with Crippen molar-refractivity contribution in [3.63, 3.8) is 0 Å². The quantitative estimate of drug-likeness (QED) is 0.180.